The lowest BCUT2D eigenvalue weighted by Gasteiger charge is -2.34. The highest BCUT2D eigenvalue weighted by molar-refractivity contribution is 7.89. The molecule has 1 amide bonds. The van der Waals surface area contributed by atoms with Crippen molar-refractivity contribution in [1.82, 2.24) is 24.3 Å². The largest absolute Gasteiger partial charge is 0.421 e. The molecule has 9 nitrogen and oxygen atoms in total. The molecule has 1 aliphatic heterocycles. The van der Waals surface area contributed by atoms with Gasteiger partial charge < -0.3 is 9.32 Å². The maximum absolute atomic E-state index is 13.0. The maximum atomic E-state index is 13.0. The van der Waals surface area contributed by atoms with Crippen molar-refractivity contribution in [3.05, 3.63) is 65.5 Å². The van der Waals surface area contributed by atoms with Gasteiger partial charge in [0.2, 0.25) is 21.8 Å². The van der Waals surface area contributed by atoms with E-state index in [9.17, 15) is 13.2 Å². The van der Waals surface area contributed by atoms with Crippen LogP contribution < -0.4 is 0 Å². The van der Waals surface area contributed by atoms with Crippen LogP contribution in [0.3, 0.4) is 0 Å². The third kappa shape index (κ3) is 5.19. The van der Waals surface area contributed by atoms with Crippen molar-refractivity contribution in [3.63, 3.8) is 0 Å². The number of aryl methyl sites for hydroxylation is 1. The molecular formula is C24H29N5O4S. The van der Waals surface area contributed by atoms with Crippen LogP contribution in [0.25, 0.3) is 11.5 Å². The first-order chi connectivity index (χ1) is 16.3. The molecule has 0 spiro atoms. The van der Waals surface area contributed by atoms with Crippen molar-refractivity contribution in [2.75, 3.05) is 46.8 Å². The van der Waals surface area contributed by atoms with Gasteiger partial charge in [-0.25, -0.2) is 12.7 Å². The second-order valence-electron chi connectivity index (χ2n) is 8.52. The van der Waals surface area contributed by atoms with Crippen molar-refractivity contribution in [1.29, 1.82) is 0 Å². The van der Waals surface area contributed by atoms with E-state index >= 15 is 0 Å². The summed E-state index contributed by atoms with van der Waals surface area (Å²) < 4.78 is 32.1. The molecular weight excluding hydrogens is 454 g/mol. The SMILES string of the molecule is Cc1ccc(C(=O)N2CCN(CCc3nnc(-c4ccccc4)o3)CC2)cc1S(=O)(=O)N(C)C. The van der Waals surface area contributed by atoms with Crippen LogP contribution in [-0.4, -0.2) is 85.4 Å². The Hall–Kier alpha value is -3.08. The molecule has 1 saturated heterocycles. The Balaban J connectivity index is 1.33. The number of amides is 1. The number of hydrogen-bond acceptors (Lipinski definition) is 7. The van der Waals surface area contributed by atoms with Crippen LogP contribution in [0, 0.1) is 6.92 Å². The molecule has 180 valence electrons. The summed E-state index contributed by atoms with van der Waals surface area (Å²) in [4.78, 5) is 17.2. The molecule has 2 aromatic carbocycles. The number of piperazine rings is 1. The zero-order valence-corrected chi connectivity index (χ0v) is 20.5. The molecule has 0 bridgehead atoms. The Bertz CT molecular complexity index is 1250. The van der Waals surface area contributed by atoms with E-state index in [-0.39, 0.29) is 10.8 Å². The van der Waals surface area contributed by atoms with Crippen LogP contribution in [0.1, 0.15) is 21.8 Å². The second kappa shape index (κ2) is 10.0. The molecule has 1 aliphatic rings. The summed E-state index contributed by atoms with van der Waals surface area (Å²) in [6.07, 6.45) is 0.636. The van der Waals surface area contributed by atoms with Crippen molar-refractivity contribution in [2.24, 2.45) is 0 Å². The lowest BCUT2D eigenvalue weighted by Crippen LogP contribution is -2.49. The fraction of sp³-hybridized carbons (Fsp3) is 0.375. The third-order valence-electron chi connectivity index (χ3n) is 5.98. The Labute approximate surface area is 200 Å². The van der Waals surface area contributed by atoms with Crippen LogP contribution in [0.4, 0.5) is 0 Å². The van der Waals surface area contributed by atoms with E-state index in [1.807, 2.05) is 30.3 Å². The number of sulfonamides is 1. The molecule has 0 aliphatic carbocycles. The van der Waals surface area contributed by atoms with E-state index < -0.39 is 10.0 Å². The molecule has 34 heavy (non-hydrogen) atoms. The number of benzene rings is 2. The summed E-state index contributed by atoms with van der Waals surface area (Å²) in [5.74, 6) is 0.950. The Morgan fingerprint density at radius 3 is 2.41 bits per heavy atom. The molecule has 1 aromatic heterocycles. The summed E-state index contributed by atoms with van der Waals surface area (Å²) in [6.45, 7) is 5.08. The van der Waals surface area contributed by atoms with Crippen molar-refractivity contribution < 1.29 is 17.6 Å². The summed E-state index contributed by atoms with van der Waals surface area (Å²) in [6, 6.07) is 14.5. The summed E-state index contributed by atoms with van der Waals surface area (Å²) in [5.41, 5.74) is 1.90. The van der Waals surface area contributed by atoms with E-state index in [1.165, 1.54) is 20.2 Å². The zero-order chi connectivity index (χ0) is 24.3. The number of carbonyl (C=O) groups excluding carboxylic acids is 1. The third-order valence-corrected chi connectivity index (χ3v) is 7.94. The summed E-state index contributed by atoms with van der Waals surface area (Å²) >= 11 is 0. The van der Waals surface area contributed by atoms with Crippen molar-refractivity contribution >= 4 is 15.9 Å². The number of rotatable bonds is 7. The van der Waals surface area contributed by atoms with E-state index in [4.69, 9.17) is 4.42 Å². The highest BCUT2D eigenvalue weighted by atomic mass is 32.2. The van der Waals surface area contributed by atoms with Crippen LogP contribution >= 0.6 is 0 Å². The first kappa shape index (κ1) is 24.1. The number of nitrogens with zero attached hydrogens (tertiary/aromatic N) is 5. The minimum atomic E-state index is -3.62. The lowest BCUT2D eigenvalue weighted by molar-refractivity contribution is 0.0636. The van der Waals surface area contributed by atoms with Gasteiger partial charge in [0.15, 0.2) is 0 Å². The molecule has 3 aromatic rings. The van der Waals surface area contributed by atoms with Crippen LogP contribution in [0.2, 0.25) is 0 Å². The second-order valence-corrected chi connectivity index (χ2v) is 10.6. The van der Waals surface area contributed by atoms with Gasteiger partial charge in [0.1, 0.15) is 0 Å². The average molecular weight is 484 g/mol. The molecule has 0 unspecified atom stereocenters. The highest BCUT2D eigenvalue weighted by Gasteiger charge is 2.25. The van der Waals surface area contributed by atoms with E-state index in [0.29, 0.717) is 42.4 Å². The molecule has 4 rings (SSSR count). The van der Waals surface area contributed by atoms with Crippen LogP contribution in [0.5, 0.6) is 0 Å². The normalized spacial score (nSPS) is 15.1. The first-order valence-electron chi connectivity index (χ1n) is 11.2. The van der Waals surface area contributed by atoms with Gasteiger partial charge in [-0.1, -0.05) is 24.3 Å². The standard InChI is InChI=1S/C24H29N5O4S/c1-18-9-10-20(17-21(18)34(31,32)27(2)3)24(30)29-15-13-28(14-16-29)12-11-22-25-26-23(33-22)19-7-5-4-6-8-19/h4-10,17H,11-16H2,1-3H3. The fourth-order valence-electron chi connectivity index (χ4n) is 3.87. The van der Waals surface area contributed by atoms with Crippen LogP contribution in [0.15, 0.2) is 57.8 Å². The number of hydrogen-bond donors (Lipinski definition) is 0. The zero-order valence-electron chi connectivity index (χ0n) is 19.6. The van der Waals surface area contributed by atoms with Gasteiger partial charge in [-0.2, -0.15) is 0 Å². The predicted octanol–water partition coefficient (Wildman–Crippen LogP) is 2.30. The molecule has 0 N–H and O–H groups in total. The smallest absolute Gasteiger partial charge is 0.253 e. The lowest BCUT2D eigenvalue weighted by atomic mass is 10.1. The van der Waals surface area contributed by atoms with Gasteiger partial charge >= 0.3 is 0 Å². The number of carbonyl (C=O) groups is 1. The molecule has 0 atom stereocenters. The Morgan fingerprint density at radius 1 is 1.03 bits per heavy atom. The van der Waals surface area contributed by atoms with Gasteiger partial charge in [0.25, 0.3) is 5.91 Å². The Morgan fingerprint density at radius 2 is 1.74 bits per heavy atom. The molecule has 1 fully saturated rings. The van der Waals surface area contributed by atoms with E-state index in [1.54, 1.807) is 24.0 Å². The minimum Gasteiger partial charge on any atom is -0.421 e. The molecule has 0 saturated carbocycles. The quantitative estimate of drug-likeness (QED) is 0.508. The van der Waals surface area contributed by atoms with E-state index in [2.05, 4.69) is 15.1 Å². The summed E-state index contributed by atoms with van der Waals surface area (Å²) in [7, 11) is -0.648. The fourth-order valence-corrected chi connectivity index (χ4v) is 5.01. The summed E-state index contributed by atoms with van der Waals surface area (Å²) in [5, 5.41) is 8.27. The molecule has 10 heteroatoms. The van der Waals surface area contributed by atoms with Gasteiger partial charge in [-0.3, -0.25) is 9.69 Å². The Kier molecular flexibility index (Phi) is 7.11. The molecule has 2 heterocycles. The van der Waals surface area contributed by atoms with Gasteiger partial charge in [0, 0.05) is 64.4 Å². The minimum absolute atomic E-state index is 0.153. The van der Waals surface area contributed by atoms with Crippen LogP contribution in [-0.2, 0) is 16.4 Å². The predicted molar refractivity (Wildman–Crippen MR) is 128 cm³/mol. The highest BCUT2D eigenvalue weighted by Crippen LogP contribution is 2.21. The van der Waals surface area contributed by atoms with Crippen molar-refractivity contribution in [3.8, 4) is 11.5 Å². The van der Waals surface area contributed by atoms with E-state index in [0.717, 1.165) is 29.5 Å². The molecule has 0 radical (unpaired) electrons. The number of aromatic nitrogens is 2. The monoisotopic (exact) mass is 483 g/mol. The van der Waals surface area contributed by atoms with Crippen molar-refractivity contribution in [2.45, 2.75) is 18.2 Å². The van der Waals surface area contributed by atoms with Gasteiger partial charge in [0.05, 0.1) is 4.90 Å². The maximum Gasteiger partial charge on any atom is 0.253 e. The van der Waals surface area contributed by atoms with Gasteiger partial charge in [-0.05, 0) is 36.8 Å². The topological polar surface area (TPSA) is 99.9 Å². The average Bonchev–Trinajstić information content (AvgIpc) is 3.32. The first-order valence-corrected chi connectivity index (χ1v) is 12.6. The van der Waals surface area contributed by atoms with Gasteiger partial charge in [-0.15, -0.1) is 10.2 Å².